The molecule has 110 valence electrons. The van der Waals surface area contributed by atoms with Crippen molar-refractivity contribution >= 4 is 17.9 Å². The molecular weight excluding hydrogens is 270 g/mol. The molecule has 5 heteroatoms. The fraction of sp³-hybridized carbons (Fsp3) is 0.375. The first-order valence-electron chi connectivity index (χ1n) is 6.95. The molecule has 21 heavy (non-hydrogen) atoms. The topological polar surface area (TPSA) is 57.1 Å². The van der Waals surface area contributed by atoms with E-state index in [0.29, 0.717) is 29.0 Å². The number of methoxy groups -OCH3 is 2. The SMILES string of the molecule is COc1cc(/C=C2/N=C(C3CCC3)OC2=O)cc(OC)c1. The summed E-state index contributed by atoms with van der Waals surface area (Å²) in [6, 6.07) is 5.41. The third-order valence-corrected chi connectivity index (χ3v) is 3.77. The number of nitrogens with zero attached hydrogens (tertiary/aromatic N) is 1. The minimum atomic E-state index is -0.390. The predicted octanol–water partition coefficient (Wildman–Crippen LogP) is 2.80. The van der Waals surface area contributed by atoms with Gasteiger partial charge in [0.1, 0.15) is 11.5 Å². The maximum Gasteiger partial charge on any atom is 0.363 e. The maximum atomic E-state index is 11.9. The van der Waals surface area contributed by atoms with Gasteiger partial charge in [0, 0.05) is 12.0 Å². The van der Waals surface area contributed by atoms with Crippen molar-refractivity contribution in [3.05, 3.63) is 29.5 Å². The normalized spacial score (nSPS) is 20.0. The largest absolute Gasteiger partial charge is 0.497 e. The number of hydrogen-bond acceptors (Lipinski definition) is 5. The van der Waals surface area contributed by atoms with Crippen LogP contribution in [0.3, 0.4) is 0 Å². The quantitative estimate of drug-likeness (QED) is 0.631. The van der Waals surface area contributed by atoms with E-state index in [4.69, 9.17) is 14.2 Å². The Morgan fingerprint density at radius 2 is 1.86 bits per heavy atom. The molecule has 1 saturated carbocycles. The average molecular weight is 287 g/mol. The Morgan fingerprint density at radius 1 is 1.19 bits per heavy atom. The van der Waals surface area contributed by atoms with Crippen molar-refractivity contribution in [2.24, 2.45) is 10.9 Å². The van der Waals surface area contributed by atoms with Gasteiger partial charge < -0.3 is 14.2 Å². The van der Waals surface area contributed by atoms with Gasteiger partial charge in [0.05, 0.1) is 14.2 Å². The van der Waals surface area contributed by atoms with Crippen LogP contribution in [0.15, 0.2) is 28.9 Å². The van der Waals surface area contributed by atoms with E-state index in [9.17, 15) is 4.79 Å². The summed E-state index contributed by atoms with van der Waals surface area (Å²) < 4.78 is 15.7. The highest BCUT2D eigenvalue weighted by atomic mass is 16.6. The first-order chi connectivity index (χ1) is 10.2. The van der Waals surface area contributed by atoms with Crippen molar-refractivity contribution in [1.82, 2.24) is 0 Å². The molecule has 1 heterocycles. The Kier molecular flexibility index (Phi) is 3.64. The molecule has 1 aliphatic carbocycles. The van der Waals surface area contributed by atoms with Crippen molar-refractivity contribution < 1.29 is 19.0 Å². The molecule has 2 aliphatic rings. The van der Waals surface area contributed by atoms with Crippen LogP contribution >= 0.6 is 0 Å². The van der Waals surface area contributed by atoms with E-state index >= 15 is 0 Å². The Morgan fingerprint density at radius 3 is 2.38 bits per heavy atom. The van der Waals surface area contributed by atoms with Crippen LogP contribution in [0.25, 0.3) is 6.08 Å². The second kappa shape index (κ2) is 5.60. The third-order valence-electron chi connectivity index (χ3n) is 3.77. The standard InChI is InChI=1S/C16H17NO4/c1-19-12-6-10(7-13(9-12)20-2)8-14-16(18)21-15(17-14)11-4-3-5-11/h6-9,11H,3-5H2,1-2H3/b14-8+. The van der Waals surface area contributed by atoms with Crippen LogP contribution in [0.5, 0.6) is 11.5 Å². The molecule has 0 atom stereocenters. The van der Waals surface area contributed by atoms with E-state index in [0.717, 1.165) is 18.4 Å². The van der Waals surface area contributed by atoms with Gasteiger partial charge in [0.25, 0.3) is 0 Å². The van der Waals surface area contributed by atoms with Crippen LogP contribution in [0, 0.1) is 5.92 Å². The maximum absolute atomic E-state index is 11.9. The molecule has 0 N–H and O–H groups in total. The number of rotatable bonds is 4. The smallest absolute Gasteiger partial charge is 0.363 e. The molecule has 0 aromatic heterocycles. The molecule has 3 rings (SSSR count). The van der Waals surface area contributed by atoms with E-state index in [1.165, 1.54) is 6.42 Å². The molecular formula is C16H17NO4. The van der Waals surface area contributed by atoms with E-state index in [1.54, 1.807) is 26.4 Å². The highest BCUT2D eigenvalue weighted by molar-refractivity contribution is 6.08. The van der Waals surface area contributed by atoms with E-state index in [2.05, 4.69) is 4.99 Å². The summed E-state index contributed by atoms with van der Waals surface area (Å²) >= 11 is 0. The van der Waals surface area contributed by atoms with Crippen molar-refractivity contribution in [3.63, 3.8) is 0 Å². The lowest BCUT2D eigenvalue weighted by Crippen LogP contribution is -2.22. The second-order valence-electron chi connectivity index (χ2n) is 5.14. The molecule has 0 radical (unpaired) electrons. The van der Waals surface area contributed by atoms with Gasteiger partial charge in [0.2, 0.25) is 5.90 Å². The number of esters is 1. The lowest BCUT2D eigenvalue weighted by atomic mass is 9.85. The monoisotopic (exact) mass is 287 g/mol. The Bertz CT molecular complexity index is 607. The molecule has 1 aromatic rings. The number of carbonyl (C=O) groups is 1. The number of aliphatic imine (C=N–C) groups is 1. The minimum Gasteiger partial charge on any atom is -0.497 e. The summed E-state index contributed by atoms with van der Waals surface area (Å²) in [6.07, 6.45) is 4.96. The third kappa shape index (κ3) is 2.77. The minimum absolute atomic E-state index is 0.305. The van der Waals surface area contributed by atoms with E-state index < -0.39 is 5.97 Å². The first-order valence-corrected chi connectivity index (χ1v) is 6.95. The van der Waals surface area contributed by atoms with Crippen LogP contribution < -0.4 is 9.47 Å². The van der Waals surface area contributed by atoms with E-state index in [-0.39, 0.29) is 0 Å². The van der Waals surface area contributed by atoms with Crippen molar-refractivity contribution in [3.8, 4) is 11.5 Å². The van der Waals surface area contributed by atoms with E-state index in [1.807, 2.05) is 12.1 Å². The number of ether oxygens (including phenoxy) is 3. The van der Waals surface area contributed by atoms with Crippen molar-refractivity contribution in [2.75, 3.05) is 14.2 Å². The van der Waals surface area contributed by atoms with Crippen LogP contribution in [-0.4, -0.2) is 26.1 Å². The second-order valence-corrected chi connectivity index (χ2v) is 5.14. The van der Waals surface area contributed by atoms with Crippen LogP contribution in [0.4, 0.5) is 0 Å². The molecule has 1 fully saturated rings. The van der Waals surface area contributed by atoms with Crippen LogP contribution in [0.1, 0.15) is 24.8 Å². The molecule has 0 bridgehead atoms. The number of carbonyl (C=O) groups excluding carboxylic acids is 1. The zero-order valence-corrected chi connectivity index (χ0v) is 12.1. The summed E-state index contributed by atoms with van der Waals surface area (Å²) in [5, 5.41) is 0. The summed E-state index contributed by atoms with van der Waals surface area (Å²) in [6.45, 7) is 0. The zero-order chi connectivity index (χ0) is 14.8. The summed E-state index contributed by atoms with van der Waals surface area (Å²) in [5.74, 6) is 1.80. The molecule has 0 spiro atoms. The van der Waals surface area contributed by atoms with Crippen LogP contribution in [0.2, 0.25) is 0 Å². The van der Waals surface area contributed by atoms with Gasteiger partial charge in [-0.15, -0.1) is 0 Å². The molecule has 5 nitrogen and oxygen atoms in total. The van der Waals surface area contributed by atoms with Crippen molar-refractivity contribution in [1.29, 1.82) is 0 Å². The summed E-state index contributed by atoms with van der Waals surface area (Å²) in [4.78, 5) is 16.2. The lowest BCUT2D eigenvalue weighted by molar-refractivity contribution is -0.130. The molecule has 0 unspecified atom stereocenters. The van der Waals surface area contributed by atoms with Crippen molar-refractivity contribution in [2.45, 2.75) is 19.3 Å². The fourth-order valence-corrected chi connectivity index (χ4v) is 2.33. The van der Waals surface area contributed by atoms with Gasteiger partial charge in [-0.3, -0.25) is 0 Å². The van der Waals surface area contributed by atoms with Gasteiger partial charge in [-0.2, -0.15) is 0 Å². The Balaban J connectivity index is 1.90. The molecule has 1 aromatic carbocycles. The van der Waals surface area contributed by atoms with Gasteiger partial charge in [0.15, 0.2) is 5.70 Å². The lowest BCUT2D eigenvalue weighted by Gasteiger charge is -2.23. The zero-order valence-electron chi connectivity index (χ0n) is 12.1. The Hall–Kier alpha value is -2.30. The van der Waals surface area contributed by atoms with Crippen LogP contribution in [-0.2, 0) is 9.53 Å². The summed E-state index contributed by atoms with van der Waals surface area (Å²) in [7, 11) is 3.17. The summed E-state index contributed by atoms with van der Waals surface area (Å²) in [5.41, 5.74) is 1.11. The van der Waals surface area contributed by atoms with Gasteiger partial charge >= 0.3 is 5.97 Å². The highest BCUT2D eigenvalue weighted by Crippen LogP contribution is 2.32. The fourth-order valence-electron chi connectivity index (χ4n) is 2.33. The average Bonchev–Trinajstić information content (AvgIpc) is 2.77. The van der Waals surface area contributed by atoms with Gasteiger partial charge in [-0.1, -0.05) is 6.42 Å². The first kappa shape index (κ1) is 13.7. The predicted molar refractivity (Wildman–Crippen MR) is 78.4 cm³/mol. The molecule has 0 amide bonds. The number of benzene rings is 1. The van der Waals surface area contributed by atoms with Gasteiger partial charge in [-0.05, 0) is 36.6 Å². The highest BCUT2D eigenvalue weighted by Gasteiger charge is 2.32. The number of cyclic esters (lactones) is 1. The molecule has 1 aliphatic heterocycles. The number of hydrogen-bond donors (Lipinski definition) is 0. The van der Waals surface area contributed by atoms with Gasteiger partial charge in [-0.25, -0.2) is 9.79 Å². The molecule has 0 saturated heterocycles. The Labute approximate surface area is 123 Å².